The lowest BCUT2D eigenvalue weighted by Gasteiger charge is -2.28. The predicted molar refractivity (Wildman–Crippen MR) is 142 cm³/mol. The first kappa shape index (κ1) is 25.9. The Hall–Kier alpha value is -2.74. The van der Waals surface area contributed by atoms with Crippen molar-refractivity contribution in [2.24, 2.45) is 0 Å². The standard InChI is InChI=1S/C24H31N7O4S2/c1-36-24-27-21(29-10-3-2-4-11-29)20-17-26-31(22(20)28-24)12-9-25-23(32)18-5-7-19(8-6-18)37(33,34)30-13-15-35-16-14-30/h5-8,17H,2-4,9-16H2,1H3,(H,25,32). The normalized spacial score (nSPS) is 17.3. The van der Waals surface area contributed by atoms with Crippen LogP contribution in [0.15, 0.2) is 40.5 Å². The van der Waals surface area contributed by atoms with E-state index in [-0.39, 0.29) is 10.8 Å². The summed E-state index contributed by atoms with van der Waals surface area (Å²) in [4.78, 5) is 24.6. The number of thioether (sulfide) groups is 1. The van der Waals surface area contributed by atoms with Crippen LogP contribution in [0, 0.1) is 0 Å². The molecule has 3 aromatic rings. The number of nitrogens with one attached hydrogen (secondary N) is 1. The van der Waals surface area contributed by atoms with Crippen LogP contribution in [-0.4, -0.2) is 90.6 Å². The third-order valence-corrected chi connectivity index (χ3v) is 9.09. The Morgan fingerprint density at radius 2 is 1.78 bits per heavy atom. The topological polar surface area (TPSA) is 123 Å². The maximum absolute atomic E-state index is 12.8. The van der Waals surface area contributed by atoms with Gasteiger partial charge in [0.05, 0.1) is 36.2 Å². The number of sulfonamides is 1. The van der Waals surface area contributed by atoms with Gasteiger partial charge in [0.15, 0.2) is 10.8 Å². The maximum atomic E-state index is 12.8. The fourth-order valence-electron chi connectivity index (χ4n) is 4.61. The molecule has 0 aliphatic carbocycles. The molecule has 1 N–H and O–H groups in total. The summed E-state index contributed by atoms with van der Waals surface area (Å²) in [5.41, 5.74) is 1.15. The van der Waals surface area contributed by atoms with Crippen LogP contribution in [0.5, 0.6) is 0 Å². The molecule has 0 spiro atoms. The van der Waals surface area contributed by atoms with E-state index in [1.165, 1.54) is 46.8 Å². The first-order valence-corrected chi connectivity index (χ1v) is 15.1. The number of nitrogens with zero attached hydrogens (tertiary/aromatic N) is 6. The number of piperidine rings is 1. The zero-order valence-electron chi connectivity index (χ0n) is 20.8. The van der Waals surface area contributed by atoms with Crippen molar-refractivity contribution in [3.8, 4) is 0 Å². The van der Waals surface area contributed by atoms with Gasteiger partial charge in [-0.15, -0.1) is 0 Å². The molecule has 13 heteroatoms. The number of hydrogen-bond donors (Lipinski definition) is 1. The Kier molecular flexibility index (Phi) is 7.93. The van der Waals surface area contributed by atoms with Gasteiger partial charge in [-0.25, -0.2) is 23.1 Å². The molecule has 5 rings (SSSR count). The van der Waals surface area contributed by atoms with Gasteiger partial charge < -0.3 is 15.0 Å². The second-order valence-electron chi connectivity index (χ2n) is 8.98. The lowest BCUT2D eigenvalue weighted by atomic mass is 10.1. The fourth-order valence-corrected chi connectivity index (χ4v) is 6.38. The number of aromatic nitrogens is 4. The Balaban J connectivity index is 1.24. The number of carbonyl (C=O) groups is 1. The van der Waals surface area contributed by atoms with E-state index in [1.807, 2.05) is 6.26 Å². The molecule has 2 aliphatic rings. The molecule has 0 radical (unpaired) electrons. The number of morpholine rings is 1. The minimum atomic E-state index is -3.60. The van der Waals surface area contributed by atoms with Crippen LogP contribution >= 0.6 is 11.8 Å². The number of anilines is 1. The molecule has 2 saturated heterocycles. The molecule has 0 bridgehead atoms. The highest BCUT2D eigenvalue weighted by molar-refractivity contribution is 7.98. The monoisotopic (exact) mass is 545 g/mol. The Morgan fingerprint density at radius 3 is 2.49 bits per heavy atom. The molecule has 198 valence electrons. The van der Waals surface area contributed by atoms with Crippen molar-refractivity contribution >= 4 is 44.5 Å². The van der Waals surface area contributed by atoms with Gasteiger partial charge >= 0.3 is 0 Å². The van der Waals surface area contributed by atoms with Crippen molar-refractivity contribution in [3.63, 3.8) is 0 Å². The van der Waals surface area contributed by atoms with Crippen LogP contribution in [0.3, 0.4) is 0 Å². The summed E-state index contributed by atoms with van der Waals surface area (Å²) in [7, 11) is -3.60. The summed E-state index contributed by atoms with van der Waals surface area (Å²) in [6, 6.07) is 6.02. The molecule has 2 fully saturated rings. The summed E-state index contributed by atoms with van der Waals surface area (Å²) in [5.74, 6) is 0.650. The van der Waals surface area contributed by atoms with Gasteiger partial charge in [-0.05, 0) is 49.8 Å². The Bertz CT molecular complexity index is 1350. The minimum Gasteiger partial charge on any atom is -0.379 e. The van der Waals surface area contributed by atoms with E-state index in [1.54, 1.807) is 10.9 Å². The summed E-state index contributed by atoms with van der Waals surface area (Å²) in [6.45, 7) is 4.18. The van der Waals surface area contributed by atoms with Crippen LogP contribution < -0.4 is 10.2 Å². The quantitative estimate of drug-likeness (QED) is 0.334. The van der Waals surface area contributed by atoms with Gasteiger partial charge in [0.25, 0.3) is 5.91 Å². The number of rotatable bonds is 8. The van der Waals surface area contributed by atoms with Crippen molar-refractivity contribution in [1.82, 2.24) is 29.4 Å². The molecule has 11 nitrogen and oxygen atoms in total. The first-order valence-electron chi connectivity index (χ1n) is 12.5. The molecular formula is C24H31N7O4S2. The molecule has 2 aromatic heterocycles. The summed E-state index contributed by atoms with van der Waals surface area (Å²) in [6.07, 6.45) is 7.31. The zero-order valence-corrected chi connectivity index (χ0v) is 22.4. The van der Waals surface area contributed by atoms with Gasteiger partial charge in [-0.2, -0.15) is 9.40 Å². The van der Waals surface area contributed by atoms with Crippen molar-refractivity contribution in [1.29, 1.82) is 0 Å². The molecule has 0 atom stereocenters. The predicted octanol–water partition coefficient (Wildman–Crippen LogP) is 1.99. The largest absolute Gasteiger partial charge is 0.379 e. The second kappa shape index (κ2) is 11.3. The van der Waals surface area contributed by atoms with E-state index in [2.05, 4.69) is 20.3 Å². The molecule has 0 saturated carbocycles. The smallest absolute Gasteiger partial charge is 0.251 e. The highest BCUT2D eigenvalue weighted by Crippen LogP contribution is 2.28. The van der Waals surface area contributed by atoms with Gasteiger partial charge in [-0.3, -0.25) is 4.79 Å². The average Bonchev–Trinajstić information content (AvgIpc) is 3.36. The molecule has 2 aliphatic heterocycles. The number of carbonyl (C=O) groups excluding carboxylic acids is 1. The fraction of sp³-hybridized carbons (Fsp3) is 0.500. The van der Waals surface area contributed by atoms with E-state index < -0.39 is 10.0 Å². The summed E-state index contributed by atoms with van der Waals surface area (Å²) in [5, 5.41) is 9.04. The van der Waals surface area contributed by atoms with Crippen molar-refractivity contribution in [3.05, 3.63) is 36.0 Å². The molecule has 0 unspecified atom stereocenters. The number of benzene rings is 1. The maximum Gasteiger partial charge on any atom is 0.251 e. The van der Waals surface area contributed by atoms with Crippen molar-refractivity contribution in [2.75, 3.05) is 57.1 Å². The van der Waals surface area contributed by atoms with Crippen molar-refractivity contribution < 1.29 is 17.9 Å². The van der Waals surface area contributed by atoms with Crippen LogP contribution in [0.1, 0.15) is 29.6 Å². The number of ether oxygens (including phenoxy) is 1. The molecular weight excluding hydrogens is 514 g/mol. The van der Waals surface area contributed by atoms with Crippen LogP contribution in [0.4, 0.5) is 5.82 Å². The SMILES string of the molecule is CSc1nc(N2CCCCC2)c2cnn(CCNC(=O)c3ccc(S(=O)(=O)N4CCOCC4)cc3)c2n1. The molecule has 1 aromatic carbocycles. The van der Waals surface area contributed by atoms with Crippen molar-refractivity contribution in [2.45, 2.75) is 35.9 Å². The lowest BCUT2D eigenvalue weighted by molar-refractivity contribution is 0.0730. The highest BCUT2D eigenvalue weighted by Gasteiger charge is 2.26. The van der Waals surface area contributed by atoms with Gasteiger partial charge in [0.1, 0.15) is 5.82 Å². The van der Waals surface area contributed by atoms with Gasteiger partial charge in [0, 0.05) is 38.3 Å². The molecule has 4 heterocycles. The molecule has 37 heavy (non-hydrogen) atoms. The number of hydrogen-bond acceptors (Lipinski definition) is 9. The highest BCUT2D eigenvalue weighted by atomic mass is 32.2. The average molecular weight is 546 g/mol. The van der Waals surface area contributed by atoms with E-state index in [0.717, 1.165) is 42.8 Å². The second-order valence-corrected chi connectivity index (χ2v) is 11.7. The Labute approximate surface area is 220 Å². The van der Waals surface area contributed by atoms with E-state index >= 15 is 0 Å². The van der Waals surface area contributed by atoms with E-state index in [4.69, 9.17) is 9.72 Å². The third-order valence-electron chi connectivity index (χ3n) is 6.63. The Morgan fingerprint density at radius 1 is 1.05 bits per heavy atom. The lowest BCUT2D eigenvalue weighted by Crippen LogP contribution is -2.40. The van der Waals surface area contributed by atoms with E-state index in [0.29, 0.717) is 50.1 Å². The summed E-state index contributed by atoms with van der Waals surface area (Å²) >= 11 is 1.50. The zero-order chi connectivity index (χ0) is 25.8. The van der Waals surface area contributed by atoms with Gasteiger partial charge in [-0.1, -0.05) is 11.8 Å². The van der Waals surface area contributed by atoms with Gasteiger partial charge in [0.2, 0.25) is 10.0 Å². The summed E-state index contributed by atoms with van der Waals surface area (Å²) < 4.78 is 34.0. The first-order chi connectivity index (χ1) is 18.0. The van der Waals surface area contributed by atoms with Crippen LogP contribution in [0.2, 0.25) is 0 Å². The van der Waals surface area contributed by atoms with Crippen LogP contribution in [-0.2, 0) is 21.3 Å². The number of amides is 1. The van der Waals surface area contributed by atoms with E-state index in [9.17, 15) is 13.2 Å². The third kappa shape index (κ3) is 5.59. The van der Waals surface area contributed by atoms with Crippen LogP contribution in [0.25, 0.3) is 11.0 Å². The molecule has 1 amide bonds. The number of fused-ring (bicyclic) bond motifs is 1. The minimum absolute atomic E-state index is 0.169.